The van der Waals surface area contributed by atoms with Crippen molar-refractivity contribution in [1.29, 1.82) is 0 Å². The smallest absolute Gasteiger partial charge is 0.343 e. The molecule has 0 aliphatic carbocycles. The Balaban J connectivity index is 2.17. The first-order valence-corrected chi connectivity index (χ1v) is 12.6. The number of aromatic carboxylic acids is 1. The van der Waals surface area contributed by atoms with Crippen molar-refractivity contribution in [1.82, 2.24) is 0 Å². The highest BCUT2D eigenvalue weighted by molar-refractivity contribution is 6.32. The first-order chi connectivity index (χ1) is 16.7. The number of hydrogen-bond donors (Lipinski definition) is 1. The summed E-state index contributed by atoms with van der Waals surface area (Å²) in [6.45, 7) is 14.5. The molecule has 0 atom stereocenters. The predicted molar refractivity (Wildman–Crippen MR) is 147 cm³/mol. The molecule has 5 heteroatoms. The molecular formula is C31H35ClO4. The van der Waals surface area contributed by atoms with Crippen molar-refractivity contribution in [3.63, 3.8) is 0 Å². The molecular weight excluding hydrogens is 472 g/mol. The summed E-state index contributed by atoms with van der Waals surface area (Å²) in [6, 6.07) is 17.1. The van der Waals surface area contributed by atoms with Crippen LogP contribution in [0.3, 0.4) is 0 Å². The van der Waals surface area contributed by atoms with Crippen LogP contribution >= 0.6 is 11.6 Å². The average Bonchev–Trinajstić information content (AvgIpc) is 2.79. The van der Waals surface area contributed by atoms with Crippen molar-refractivity contribution in [3.05, 3.63) is 87.4 Å². The van der Waals surface area contributed by atoms with Crippen LogP contribution in [0.25, 0.3) is 11.1 Å². The van der Waals surface area contributed by atoms with Crippen molar-refractivity contribution in [2.24, 2.45) is 0 Å². The van der Waals surface area contributed by atoms with Crippen LogP contribution in [0.1, 0.15) is 92.3 Å². The lowest BCUT2D eigenvalue weighted by Crippen LogP contribution is -2.23. The molecule has 0 aromatic heterocycles. The van der Waals surface area contributed by atoms with Crippen LogP contribution < -0.4 is 4.74 Å². The van der Waals surface area contributed by atoms with Gasteiger partial charge >= 0.3 is 11.9 Å². The Hall–Kier alpha value is -3.11. The maximum Gasteiger partial charge on any atom is 0.343 e. The number of esters is 1. The van der Waals surface area contributed by atoms with Gasteiger partial charge in [-0.1, -0.05) is 96.8 Å². The van der Waals surface area contributed by atoms with Crippen LogP contribution in [0.5, 0.6) is 5.75 Å². The van der Waals surface area contributed by atoms with Crippen LogP contribution in [0.15, 0.2) is 54.6 Å². The van der Waals surface area contributed by atoms with Crippen LogP contribution in [0.2, 0.25) is 5.02 Å². The fraction of sp³-hybridized carbons (Fsp3) is 0.355. The Bertz CT molecular complexity index is 1280. The van der Waals surface area contributed by atoms with Gasteiger partial charge in [0, 0.05) is 5.02 Å². The fourth-order valence-electron chi connectivity index (χ4n) is 4.39. The van der Waals surface area contributed by atoms with E-state index < -0.39 is 11.9 Å². The Kier molecular flexibility index (Phi) is 8.00. The SMILES string of the molecule is CCCc1c(Cl)cc(OC(=O)c2cc(C(C)(C)C)c(-c3ccccc3)cc2C(C)(C)C)cc1C(=O)O. The molecule has 0 saturated heterocycles. The van der Waals surface area contributed by atoms with Gasteiger partial charge in [0.05, 0.1) is 11.1 Å². The van der Waals surface area contributed by atoms with E-state index in [0.717, 1.165) is 28.7 Å². The monoisotopic (exact) mass is 506 g/mol. The molecule has 36 heavy (non-hydrogen) atoms. The lowest BCUT2D eigenvalue weighted by Gasteiger charge is -2.29. The summed E-state index contributed by atoms with van der Waals surface area (Å²) in [5.74, 6) is -1.52. The normalized spacial score (nSPS) is 11.9. The molecule has 3 rings (SSSR count). The Morgan fingerprint density at radius 3 is 2.00 bits per heavy atom. The zero-order valence-corrected chi connectivity index (χ0v) is 22.9. The van der Waals surface area contributed by atoms with Gasteiger partial charge < -0.3 is 9.84 Å². The molecule has 3 aromatic carbocycles. The quantitative estimate of drug-likeness (QED) is 0.269. The number of carboxylic acids is 1. The Morgan fingerprint density at radius 1 is 0.861 bits per heavy atom. The first-order valence-electron chi connectivity index (χ1n) is 12.3. The standard InChI is InChI=1S/C31H35ClO4/c1-8-12-21-23(28(33)34)15-20(16-27(21)32)36-29(35)24-18-25(30(2,3)4)22(17-26(24)31(5,6)7)19-13-10-9-11-14-19/h9-11,13-18H,8,12H2,1-7H3,(H,33,34). The topological polar surface area (TPSA) is 63.6 Å². The summed E-state index contributed by atoms with van der Waals surface area (Å²) >= 11 is 6.41. The minimum absolute atomic E-state index is 0.0537. The summed E-state index contributed by atoms with van der Waals surface area (Å²) < 4.78 is 5.77. The Morgan fingerprint density at radius 2 is 1.47 bits per heavy atom. The number of halogens is 1. The van der Waals surface area contributed by atoms with Crippen molar-refractivity contribution in [2.45, 2.75) is 72.1 Å². The summed E-state index contributed by atoms with van der Waals surface area (Å²) in [6.07, 6.45) is 1.27. The molecule has 0 saturated carbocycles. The molecule has 0 fully saturated rings. The van der Waals surface area contributed by atoms with Gasteiger partial charge in [0.25, 0.3) is 0 Å². The molecule has 190 valence electrons. The van der Waals surface area contributed by atoms with E-state index in [9.17, 15) is 14.7 Å². The Labute approximate surface area is 219 Å². The minimum atomic E-state index is -1.10. The van der Waals surface area contributed by atoms with E-state index in [1.165, 1.54) is 12.1 Å². The van der Waals surface area contributed by atoms with Crippen molar-refractivity contribution < 1.29 is 19.4 Å². The summed E-state index contributed by atoms with van der Waals surface area (Å²) in [5, 5.41) is 9.99. The van der Waals surface area contributed by atoms with Crippen LogP contribution in [-0.2, 0) is 17.3 Å². The summed E-state index contributed by atoms with van der Waals surface area (Å²) in [7, 11) is 0. The van der Waals surface area contributed by atoms with E-state index in [-0.39, 0.29) is 27.2 Å². The lowest BCUT2D eigenvalue weighted by molar-refractivity contribution is 0.0686. The zero-order chi connectivity index (χ0) is 26.8. The van der Waals surface area contributed by atoms with Crippen LogP contribution in [-0.4, -0.2) is 17.0 Å². The van der Waals surface area contributed by atoms with Crippen molar-refractivity contribution in [2.75, 3.05) is 0 Å². The van der Waals surface area contributed by atoms with Crippen molar-refractivity contribution >= 4 is 23.5 Å². The molecule has 1 N–H and O–H groups in total. The molecule has 4 nitrogen and oxygen atoms in total. The van der Waals surface area contributed by atoms with E-state index in [2.05, 4.69) is 59.7 Å². The third kappa shape index (κ3) is 5.99. The van der Waals surface area contributed by atoms with Gasteiger partial charge in [-0.05, 0) is 69.3 Å². The van der Waals surface area contributed by atoms with Gasteiger partial charge in [-0.2, -0.15) is 0 Å². The van der Waals surface area contributed by atoms with E-state index in [1.54, 1.807) is 0 Å². The highest BCUT2D eigenvalue weighted by Crippen LogP contribution is 2.39. The van der Waals surface area contributed by atoms with Gasteiger partial charge in [-0.3, -0.25) is 0 Å². The number of carbonyl (C=O) groups excluding carboxylic acids is 1. The number of carboxylic acid groups (broad SMARTS) is 1. The molecule has 0 radical (unpaired) electrons. The molecule has 3 aromatic rings. The highest BCUT2D eigenvalue weighted by atomic mass is 35.5. The zero-order valence-electron chi connectivity index (χ0n) is 22.2. The highest BCUT2D eigenvalue weighted by Gasteiger charge is 2.29. The third-order valence-corrected chi connectivity index (χ3v) is 6.53. The van der Waals surface area contributed by atoms with Gasteiger partial charge in [0.15, 0.2) is 0 Å². The van der Waals surface area contributed by atoms with Gasteiger partial charge in [0.1, 0.15) is 5.75 Å². The largest absolute Gasteiger partial charge is 0.478 e. The number of rotatable bonds is 6. The second-order valence-corrected chi connectivity index (χ2v) is 11.6. The molecule has 0 aliphatic rings. The molecule has 0 spiro atoms. The van der Waals surface area contributed by atoms with Crippen LogP contribution in [0, 0.1) is 0 Å². The van der Waals surface area contributed by atoms with Gasteiger partial charge in [0.2, 0.25) is 0 Å². The maximum atomic E-state index is 13.6. The maximum absolute atomic E-state index is 13.6. The number of benzene rings is 3. The number of carbonyl (C=O) groups is 2. The first kappa shape index (κ1) is 27.5. The second-order valence-electron chi connectivity index (χ2n) is 11.2. The van der Waals surface area contributed by atoms with Crippen molar-refractivity contribution in [3.8, 4) is 16.9 Å². The summed E-state index contributed by atoms with van der Waals surface area (Å²) in [4.78, 5) is 25.5. The predicted octanol–water partition coefficient (Wildman–Crippen LogP) is 8.47. The molecule has 0 heterocycles. The second kappa shape index (κ2) is 10.5. The van der Waals surface area contributed by atoms with Gasteiger partial charge in [-0.25, -0.2) is 9.59 Å². The molecule has 0 aliphatic heterocycles. The van der Waals surface area contributed by atoms with Crippen LogP contribution in [0.4, 0.5) is 0 Å². The minimum Gasteiger partial charge on any atom is -0.478 e. The molecule has 0 bridgehead atoms. The van der Waals surface area contributed by atoms with E-state index in [4.69, 9.17) is 16.3 Å². The fourth-order valence-corrected chi connectivity index (χ4v) is 4.70. The van der Waals surface area contributed by atoms with Gasteiger partial charge in [-0.15, -0.1) is 0 Å². The molecule has 0 amide bonds. The average molecular weight is 507 g/mol. The van der Waals surface area contributed by atoms with E-state index in [1.807, 2.05) is 31.2 Å². The van der Waals surface area contributed by atoms with E-state index in [0.29, 0.717) is 17.5 Å². The molecule has 0 unspecified atom stereocenters. The number of hydrogen-bond acceptors (Lipinski definition) is 3. The third-order valence-electron chi connectivity index (χ3n) is 6.19. The van der Waals surface area contributed by atoms with E-state index >= 15 is 0 Å². The number of ether oxygens (including phenoxy) is 1. The summed E-state index contributed by atoms with van der Waals surface area (Å²) in [5.41, 5.74) is 4.51. The lowest BCUT2D eigenvalue weighted by atomic mass is 9.75.